The minimum absolute atomic E-state index is 0.0848. The molecule has 1 amide bonds. The first-order valence-electron chi connectivity index (χ1n) is 10.0. The van der Waals surface area contributed by atoms with Crippen molar-refractivity contribution in [2.45, 2.75) is 19.8 Å². The van der Waals surface area contributed by atoms with Crippen LogP contribution in [0.3, 0.4) is 0 Å². The van der Waals surface area contributed by atoms with E-state index in [0.717, 1.165) is 51.8 Å². The molecule has 2 aromatic carbocycles. The van der Waals surface area contributed by atoms with E-state index < -0.39 is 0 Å². The van der Waals surface area contributed by atoms with Gasteiger partial charge in [0, 0.05) is 11.1 Å². The van der Waals surface area contributed by atoms with E-state index in [-0.39, 0.29) is 5.24 Å². The molecule has 0 saturated heterocycles. The standard InChI is InChI=1S/C23H19ClN4OS2/c1-2-30-23(29)26-22-25-17-13-12-15-19(14-8-4-3-5-9-14)27-28(20(15)21(17)31-22)18-11-7-6-10-16(18)24/h3-11H,2,12-13H2,1H3,(H,25,26,29). The van der Waals surface area contributed by atoms with Crippen LogP contribution in [0.5, 0.6) is 0 Å². The number of thioether (sulfide) groups is 1. The Balaban J connectivity index is 1.69. The zero-order valence-electron chi connectivity index (χ0n) is 16.8. The topological polar surface area (TPSA) is 59.8 Å². The number of halogens is 1. The lowest BCUT2D eigenvalue weighted by Crippen LogP contribution is -2.07. The molecule has 0 bridgehead atoms. The maximum atomic E-state index is 12.1. The van der Waals surface area contributed by atoms with Crippen LogP contribution < -0.4 is 5.32 Å². The predicted molar refractivity (Wildman–Crippen MR) is 130 cm³/mol. The fraction of sp³-hybridized carbons (Fsp3) is 0.174. The monoisotopic (exact) mass is 466 g/mol. The Morgan fingerprint density at radius 3 is 2.71 bits per heavy atom. The third-order valence-corrected chi connectivity index (χ3v) is 7.11. The van der Waals surface area contributed by atoms with Crippen molar-refractivity contribution in [3.63, 3.8) is 0 Å². The highest BCUT2D eigenvalue weighted by atomic mass is 35.5. The highest BCUT2D eigenvalue weighted by Gasteiger charge is 2.30. The lowest BCUT2D eigenvalue weighted by molar-refractivity contribution is 0.270. The molecule has 0 atom stereocenters. The van der Waals surface area contributed by atoms with E-state index in [1.807, 2.05) is 54.1 Å². The van der Waals surface area contributed by atoms with Gasteiger partial charge in [-0.2, -0.15) is 5.10 Å². The van der Waals surface area contributed by atoms with Crippen molar-refractivity contribution in [3.05, 3.63) is 70.9 Å². The molecule has 4 aromatic rings. The Labute approximate surface area is 193 Å². The molecule has 1 aliphatic carbocycles. The van der Waals surface area contributed by atoms with Gasteiger partial charge in [0.05, 0.1) is 32.7 Å². The van der Waals surface area contributed by atoms with Gasteiger partial charge < -0.3 is 0 Å². The van der Waals surface area contributed by atoms with Crippen molar-refractivity contribution in [1.29, 1.82) is 0 Å². The zero-order valence-corrected chi connectivity index (χ0v) is 19.2. The Morgan fingerprint density at radius 1 is 1.16 bits per heavy atom. The molecule has 1 N–H and O–H groups in total. The van der Waals surface area contributed by atoms with Crippen LogP contribution >= 0.6 is 34.7 Å². The third kappa shape index (κ3) is 3.78. The molecule has 31 heavy (non-hydrogen) atoms. The average Bonchev–Trinajstić information content (AvgIpc) is 3.35. The van der Waals surface area contributed by atoms with E-state index in [4.69, 9.17) is 21.7 Å². The zero-order chi connectivity index (χ0) is 21.4. The summed E-state index contributed by atoms with van der Waals surface area (Å²) < 4.78 is 1.93. The first-order valence-corrected chi connectivity index (χ1v) is 12.2. The van der Waals surface area contributed by atoms with E-state index in [2.05, 4.69) is 17.4 Å². The summed E-state index contributed by atoms with van der Waals surface area (Å²) in [5.41, 5.74) is 6.04. The fourth-order valence-electron chi connectivity index (χ4n) is 3.80. The predicted octanol–water partition coefficient (Wildman–Crippen LogP) is 6.70. The number of nitrogens with one attached hydrogen (secondary N) is 1. The molecular weight excluding hydrogens is 448 g/mol. The highest BCUT2D eigenvalue weighted by molar-refractivity contribution is 8.13. The lowest BCUT2D eigenvalue weighted by atomic mass is 9.95. The molecule has 1 aliphatic rings. The molecule has 0 aliphatic heterocycles. The smallest absolute Gasteiger partial charge is 0.285 e. The van der Waals surface area contributed by atoms with Gasteiger partial charge in [-0.05, 0) is 30.7 Å². The summed E-state index contributed by atoms with van der Waals surface area (Å²) in [4.78, 5) is 17.8. The second-order valence-electron chi connectivity index (χ2n) is 7.05. The maximum Gasteiger partial charge on any atom is 0.285 e. The molecule has 0 radical (unpaired) electrons. The van der Waals surface area contributed by atoms with Gasteiger partial charge in [0.1, 0.15) is 0 Å². The van der Waals surface area contributed by atoms with Crippen molar-refractivity contribution in [3.8, 4) is 27.5 Å². The first kappa shape index (κ1) is 20.3. The molecule has 5 rings (SSSR count). The van der Waals surface area contributed by atoms with Gasteiger partial charge in [-0.15, -0.1) is 0 Å². The maximum absolute atomic E-state index is 12.1. The number of anilines is 1. The number of hydrogen-bond acceptors (Lipinski definition) is 5. The van der Waals surface area contributed by atoms with Gasteiger partial charge in [0.2, 0.25) is 0 Å². The third-order valence-electron chi connectivity index (χ3n) is 5.12. The van der Waals surface area contributed by atoms with Gasteiger partial charge in [0.15, 0.2) is 5.13 Å². The lowest BCUT2D eigenvalue weighted by Gasteiger charge is -2.14. The molecule has 5 nitrogen and oxygen atoms in total. The Hall–Kier alpha value is -2.61. The van der Waals surface area contributed by atoms with Crippen LogP contribution in [-0.2, 0) is 12.8 Å². The number of amides is 1. The van der Waals surface area contributed by atoms with Crippen LogP contribution in [-0.4, -0.2) is 25.8 Å². The molecule has 0 unspecified atom stereocenters. The number of hydrogen-bond donors (Lipinski definition) is 1. The van der Waals surface area contributed by atoms with Gasteiger partial charge in [-0.3, -0.25) is 10.1 Å². The SMILES string of the molecule is CCSC(=O)Nc1nc2c(s1)-c1c(c(-c3ccccc3)nn1-c1ccccc1Cl)CC2. The van der Waals surface area contributed by atoms with Crippen LogP contribution in [0.15, 0.2) is 54.6 Å². The summed E-state index contributed by atoms with van der Waals surface area (Å²) in [6, 6.07) is 17.9. The molecule has 0 saturated carbocycles. The largest absolute Gasteiger partial charge is 0.293 e. The van der Waals surface area contributed by atoms with E-state index >= 15 is 0 Å². The average molecular weight is 467 g/mol. The Bertz CT molecular complexity index is 1270. The molecule has 0 spiro atoms. The number of nitrogens with zero attached hydrogens (tertiary/aromatic N) is 3. The summed E-state index contributed by atoms with van der Waals surface area (Å²) in [5, 5.41) is 9.10. The molecule has 2 heterocycles. The Morgan fingerprint density at radius 2 is 1.94 bits per heavy atom. The van der Waals surface area contributed by atoms with Gasteiger partial charge in [0.25, 0.3) is 5.24 Å². The molecule has 8 heteroatoms. The van der Waals surface area contributed by atoms with Crippen molar-refractivity contribution in [2.75, 3.05) is 11.1 Å². The number of fused-ring (bicyclic) bond motifs is 3. The number of aromatic nitrogens is 3. The van der Waals surface area contributed by atoms with Crippen LogP contribution in [0, 0.1) is 0 Å². The second kappa shape index (κ2) is 8.49. The van der Waals surface area contributed by atoms with E-state index in [9.17, 15) is 4.79 Å². The minimum atomic E-state index is -0.0848. The highest BCUT2D eigenvalue weighted by Crippen LogP contribution is 2.44. The van der Waals surface area contributed by atoms with Crippen molar-refractivity contribution >= 4 is 45.1 Å². The number of carbonyl (C=O) groups excluding carboxylic acids is 1. The number of benzene rings is 2. The van der Waals surface area contributed by atoms with E-state index in [1.165, 1.54) is 28.7 Å². The number of carbonyl (C=O) groups is 1. The number of aryl methyl sites for hydroxylation is 1. The molecule has 2 aromatic heterocycles. The molecule has 0 fully saturated rings. The minimum Gasteiger partial charge on any atom is -0.293 e. The van der Waals surface area contributed by atoms with E-state index in [0.29, 0.717) is 10.2 Å². The van der Waals surface area contributed by atoms with E-state index in [1.54, 1.807) is 0 Å². The summed E-state index contributed by atoms with van der Waals surface area (Å²) in [5.74, 6) is 0.723. The van der Waals surface area contributed by atoms with Crippen LogP contribution in [0.4, 0.5) is 9.93 Å². The first-order chi connectivity index (χ1) is 15.2. The van der Waals surface area contributed by atoms with Gasteiger partial charge in [-0.25, -0.2) is 9.67 Å². The Kier molecular flexibility index (Phi) is 5.56. The van der Waals surface area contributed by atoms with Crippen molar-refractivity contribution in [2.24, 2.45) is 0 Å². The van der Waals surface area contributed by atoms with Crippen LogP contribution in [0.25, 0.3) is 27.5 Å². The van der Waals surface area contributed by atoms with Gasteiger partial charge in [-0.1, -0.05) is 84.1 Å². The fourth-order valence-corrected chi connectivity index (χ4v) is 5.58. The second-order valence-corrected chi connectivity index (χ2v) is 9.69. The number of rotatable bonds is 4. The summed E-state index contributed by atoms with van der Waals surface area (Å²) >= 11 is 9.30. The summed E-state index contributed by atoms with van der Waals surface area (Å²) in [7, 11) is 0. The normalized spacial score (nSPS) is 12.3. The number of thiazole rings is 1. The number of para-hydroxylation sites is 1. The molecule has 156 valence electrons. The van der Waals surface area contributed by atoms with Crippen molar-refractivity contribution in [1.82, 2.24) is 14.8 Å². The summed E-state index contributed by atoms with van der Waals surface area (Å²) in [6.07, 6.45) is 1.64. The quantitative estimate of drug-likeness (QED) is 0.363. The van der Waals surface area contributed by atoms with Crippen molar-refractivity contribution < 1.29 is 4.79 Å². The molecular formula is C23H19ClN4OS2. The van der Waals surface area contributed by atoms with Crippen LogP contribution in [0.2, 0.25) is 5.02 Å². The summed E-state index contributed by atoms with van der Waals surface area (Å²) in [6.45, 7) is 1.96. The van der Waals surface area contributed by atoms with Gasteiger partial charge >= 0.3 is 0 Å². The van der Waals surface area contributed by atoms with Crippen LogP contribution in [0.1, 0.15) is 18.2 Å².